The smallest absolute Gasteiger partial charge is 0.433 e. The first-order valence-corrected chi connectivity index (χ1v) is 10.5. The molecular weight excluding hydrogens is 435 g/mol. The predicted molar refractivity (Wildman–Crippen MR) is 116 cm³/mol. The third-order valence-electron chi connectivity index (χ3n) is 5.56. The third-order valence-corrected chi connectivity index (χ3v) is 5.56. The van der Waals surface area contributed by atoms with Crippen molar-refractivity contribution in [3.05, 3.63) is 63.7 Å². The van der Waals surface area contributed by atoms with E-state index in [4.69, 9.17) is 9.15 Å². The van der Waals surface area contributed by atoms with Crippen LogP contribution < -0.4 is 10.2 Å². The fourth-order valence-corrected chi connectivity index (χ4v) is 3.90. The molecular formula is C22H23FN4O6. The molecule has 11 heteroatoms. The van der Waals surface area contributed by atoms with Crippen LogP contribution >= 0.6 is 0 Å². The highest BCUT2D eigenvalue weighted by atomic mass is 19.1. The summed E-state index contributed by atoms with van der Waals surface area (Å²) in [5.41, 5.74) is 1.71. The quantitative estimate of drug-likeness (QED) is 0.500. The molecule has 0 radical (unpaired) electrons. The van der Waals surface area contributed by atoms with Gasteiger partial charge in [-0.05, 0) is 36.3 Å². The van der Waals surface area contributed by atoms with Gasteiger partial charge in [0.05, 0.1) is 31.4 Å². The number of nitro groups is 1. The van der Waals surface area contributed by atoms with E-state index in [1.807, 2.05) is 11.0 Å². The first-order valence-electron chi connectivity index (χ1n) is 10.5. The highest BCUT2D eigenvalue weighted by molar-refractivity contribution is 5.90. The Morgan fingerprint density at radius 2 is 2.15 bits per heavy atom. The van der Waals surface area contributed by atoms with Crippen LogP contribution in [0.15, 0.2) is 40.8 Å². The molecule has 0 bridgehead atoms. The number of ether oxygens (including phenoxy) is 1. The van der Waals surface area contributed by atoms with Crippen molar-refractivity contribution in [3.63, 3.8) is 0 Å². The Balaban J connectivity index is 1.38. The summed E-state index contributed by atoms with van der Waals surface area (Å²) in [5.74, 6) is -0.441. The average Bonchev–Trinajstić information content (AvgIpc) is 3.39. The maximum Gasteiger partial charge on any atom is 0.433 e. The van der Waals surface area contributed by atoms with E-state index < -0.39 is 22.9 Å². The van der Waals surface area contributed by atoms with Gasteiger partial charge in [-0.1, -0.05) is 6.08 Å². The SMILES string of the molecule is CC(=O)NC[C@H]1CN(c2ccc(C3=CCN(Cc4ccc([N+](=O)[O-])o4)CC3)c(F)c2)C(=O)O1. The van der Waals surface area contributed by atoms with E-state index in [1.54, 1.807) is 18.2 Å². The largest absolute Gasteiger partial charge is 0.442 e. The number of carbonyl (C=O) groups is 2. The molecule has 33 heavy (non-hydrogen) atoms. The Morgan fingerprint density at radius 1 is 1.33 bits per heavy atom. The number of halogens is 1. The summed E-state index contributed by atoms with van der Waals surface area (Å²) in [6.07, 6.45) is 1.45. The number of cyclic esters (lactones) is 1. The van der Waals surface area contributed by atoms with Gasteiger partial charge >= 0.3 is 12.0 Å². The van der Waals surface area contributed by atoms with E-state index in [-0.39, 0.29) is 24.9 Å². The standard InChI is InChI=1S/C22H23FN4O6/c1-14(28)24-11-18-13-26(22(29)33-18)16-2-4-19(20(23)10-16)15-6-8-25(9-7-15)12-17-3-5-21(32-17)27(30)31/h2-6,10,18H,7-9,11-13H2,1H3,(H,24,28)/t18-/m0/s1. The molecule has 1 fully saturated rings. The first kappa shape index (κ1) is 22.5. The van der Waals surface area contributed by atoms with Crippen LogP contribution in [0.1, 0.15) is 24.7 Å². The lowest BCUT2D eigenvalue weighted by molar-refractivity contribution is -0.402. The van der Waals surface area contributed by atoms with Crippen molar-refractivity contribution in [2.45, 2.75) is 26.0 Å². The van der Waals surface area contributed by atoms with Gasteiger partial charge in [0.1, 0.15) is 22.6 Å². The molecule has 0 spiro atoms. The second kappa shape index (κ2) is 9.41. The molecule has 1 aromatic heterocycles. The molecule has 174 valence electrons. The summed E-state index contributed by atoms with van der Waals surface area (Å²) in [6.45, 7) is 3.42. The molecule has 1 N–H and O–H groups in total. The van der Waals surface area contributed by atoms with Crippen molar-refractivity contribution >= 4 is 29.1 Å². The maximum atomic E-state index is 14.9. The predicted octanol–water partition coefficient (Wildman–Crippen LogP) is 3.08. The Labute approximate surface area is 188 Å². The third kappa shape index (κ3) is 5.20. The average molecular weight is 458 g/mol. The molecule has 0 unspecified atom stereocenters. The zero-order chi connectivity index (χ0) is 23.5. The molecule has 1 saturated heterocycles. The zero-order valence-corrected chi connectivity index (χ0v) is 18.0. The van der Waals surface area contributed by atoms with Gasteiger partial charge in [-0.2, -0.15) is 0 Å². The van der Waals surface area contributed by atoms with Crippen LogP contribution in [0.5, 0.6) is 0 Å². The maximum absolute atomic E-state index is 14.9. The van der Waals surface area contributed by atoms with E-state index in [9.17, 15) is 24.1 Å². The second-order valence-electron chi connectivity index (χ2n) is 7.93. The molecule has 1 atom stereocenters. The van der Waals surface area contributed by atoms with Crippen molar-refractivity contribution in [1.82, 2.24) is 10.2 Å². The molecule has 2 aromatic rings. The molecule has 2 aliphatic heterocycles. The van der Waals surface area contributed by atoms with Gasteiger partial charge in [0, 0.05) is 25.6 Å². The molecule has 10 nitrogen and oxygen atoms in total. The summed E-state index contributed by atoms with van der Waals surface area (Å²) in [5, 5.41) is 13.3. The van der Waals surface area contributed by atoms with Crippen molar-refractivity contribution < 1.29 is 28.1 Å². The van der Waals surface area contributed by atoms with E-state index in [2.05, 4.69) is 5.32 Å². The lowest BCUT2D eigenvalue weighted by Crippen LogP contribution is -2.33. The molecule has 2 aliphatic rings. The fraction of sp³-hybridized carbons (Fsp3) is 0.364. The number of benzene rings is 1. The minimum Gasteiger partial charge on any atom is -0.442 e. The van der Waals surface area contributed by atoms with Gasteiger partial charge < -0.3 is 14.5 Å². The van der Waals surface area contributed by atoms with Crippen molar-refractivity contribution in [2.75, 3.05) is 31.1 Å². The minimum atomic E-state index is -0.580. The number of hydrogen-bond acceptors (Lipinski definition) is 7. The lowest BCUT2D eigenvalue weighted by atomic mass is 9.98. The van der Waals surface area contributed by atoms with Crippen LogP contribution in [0.2, 0.25) is 0 Å². The van der Waals surface area contributed by atoms with Gasteiger partial charge in [-0.25, -0.2) is 9.18 Å². The highest BCUT2D eigenvalue weighted by Gasteiger charge is 2.33. The number of rotatable bonds is 7. The van der Waals surface area contributed by atoms with E-state index in [0.29, 0.717) is 43.1 Å². The van der Waals surface area contributed by atoms with Crippen LogP contribution in [0.3, 0.4) is 0 Å². The van der Waals surface area contributed by atoms with Crippen LogP contribution in [-0.4, -0.2) is 54.1 Å². The molecule has 2 amide bonds. The van der Waals surface area contributed by atoms with Crippen LogP contribution in [-0.2, 0) is 16.1 Å². The molecule has 0 saturated carbocycles. The van der Waals surface area contributed by atoms with Gasteiger partial charge in [0.25, 0.3) is 0 Å². The Morgan fingerprint density at radius 3 is 2.79 bits per heavy atom. The number of nitrogens with zero attached hydrogens (tertiary/aromatic N) is 3. The van der Waals surface area contributed by atoms with E-state index in [0.717, 1.165) is 5.57 Å². The van der Waals surface area contributed by atoms with Crippen molar-refractivity contribution in [3.8, 4) is 0 Å². The number of carbonyl (C=O) groups excluding carboxylic acids is 2. The normalized spacial score (nSPS) is 18.7. The number of nitrogens with one attached hydrogen (secondary N) is 1. The highest BCUT2D eigenvalue weighted by Crippen LogP contribution is 2.30. The molecule has 1 aromatic carbocycles. The van der Waals surface area contributed by atoms with Gasteiger partial charge in [0.2, 0.25) is 5.91 Å². The summed E-state index contributed by atoms with van der Waals surface area (Å²) in [6, 6.07) is 7.55. The van der Waals surface area contributed by atoms with E-state index >= 15 is 0 Å². The van der Waals surface area contributed by atoms with E-state index in [1.165, 1.54) is 24.0 Å². The minimum absolute atomic E-state index is 0.201. The van der Waals surface area contributed by atoms with Crippen molar-refractivity contribution in [1.29, 1.82) is 0 Å². The number of hydrogen-bond donors (Lipinski definition) is 1. The van der Waals surface area contributed by atoms with Crippen molar-refractivity contribution in [2.24, 2.45) is 0 Å². The lowest BCUT2D eigenvalue weighted by Gasteiger charge is -2.26. The molecule has 0 aliphatic carbocycles. The monoisotopic (exact) mass is 458 g/mol. The van der Waals surface area contributed by atoms with Gasteiger partial charge in [-0.15, -0.1) is 0 Å². The number of amides is 2. The van der Waals surface area contributed by atoms with Gasteiger partial charge in [-0.3, -0.25) is 24.7 Å². The molecule has 3 heterocycles. The second-order valence-corrected chi connectivity index (χ2v) is 7.93. The number of anilines is 1. The first-order chi connectivity index (χ1) is 15.8. The summed E-state index contributed by atoms with van der Waals surface area (Å²) in [4.78, 5) is 36.8. The topological polar surface area (TPSA) is 118 Å². The molecule has 4 rings (SSSR count). The zero-order valence-electron chi connectivity index (χ0n) is 18.0. The Kier molecular flexibility index (Phi) is 6.40. The summed E-state index contributed by atoms with van der Waals surface area (Å²) in [7, 11) is 0. The van der Waals surface area contributed by atoms with Crippen LogP contribution in [0, 0.1) is 15.9 Å². The Bertz CT molecular complexity index is 1110. The summed E-state index contributed by atoms with van der Waals surface area (Å²) >= 11 is 0. The summed E-state index contributed by atoms with van der Waals surface area (Å²) < 4.78 is 25.3. The van der Waals surface area contributed by atoms with Crippen LogP contribution in [0.25, 0.3) is 5.57 Å². The number of furan rings is 1. The fourth-order valence-electron chi connectivity index (χ4n) is 3.90. The van der Waals surface area contributed by atoms with Gasteiger partial charge in [0.15, 0.2) is 0 Å². The Hall–Kier alpha value is -3.73. The van der Waals surface area contributed by atoms with Crippen LogP contribution in [0.4, 0.5) is 20.8 Å².